The fourth-order valence-corrected chi connectivity index (χ4v) is 5.94. The topological polar surface area (TPSA) is 96.7 Å². The number of para-hydroxylation sites is 1. The first kappa shape index (κ1) is 21.2. The van der Waals surface area contributed by atoms with Crippen molar-refractivity contribution in [3.05, 3.63) is 75.3 Å². The van der Waals surface area contributed by atoms with Gasteiger partial charge in [-0.3, -0.25) is 24.4 Å². The van der Waals surface area contributed by atoms with E-state index in [1.165, 1.54) is 25.3 Å². The van der Waals surface area contributed by atoms with Crippen molar-refractivity contribution in [2.75, 3.05) is 0 Å². The number of furan rings is 1. The van der Waals surface area contributed by atoms with Gasteiger partial charge in [0.2, 0.25) is 0 Å². The van der Waals surface area contributed by atoms with Crippen molar-refractivity contribution in [3.8, 4) is 11.1 Å². The summed E-state index contributed by atoms with van der Waals surface area (Å²) in [4.78, 5) is 34.0. The summed E-state index contributed by atoms with van der Waals surface area (Å²) in [5, 5.41) is 5.53. The average molecular weight is 479 g/mol. The Bertz CT molecular complexity index is 1880. The maximum atomic E-state index is 13.6. The van der Waals surface area contributed by atoms with Gasteiger partial charge in [0.1, 0.15) is 11.2 Å². The lowest BCUT2D eigenvalue weighted by atomic mass is 9.96. The highest BCUT2D eigenvalue weighted by molar-refractivity contribution is 6.16. The van der Waals surface area contributed by atoms with Gasteiger partial charge in [-0.25, -0.2) is 0 Å². The van der Waals surface area contributed by atoms with Crippen molar-refractivity contribution < 1.29 is 4.42 Å². The molecular formula is C29H26N4O3. The molecule has 4 heterocycles. The molecule has 1 aliphatic rings. The molecule has 1 fully saturated rings. The van der Waals surface area contributed by atoms with E-state index in [0.717, 1.165) is 58.7 Å². The SMILES string of the molecule is O=c1ccc2c(c1)oc1c(-c3cccc4cccnc34)c3c(=O)[nH]n(C4CCCCCCC4)c3[nH]c12. The van der Waals surface area contributed by atoms with Gasteiger partial charge in [0.15, 0.2) is 11.0 Å². The zero-order valence-electron chi connectivity index (χ0n) is 19.8. The monoisotopic (exact) mass is 478 g/mol. The van der Waals surface area contributed by atoms with Gasteiger partial charge >= 0.3 is 0 Å². The molecule has 0 amide bonds. The first-order valence-electron chi connectivity index (χ1n) is 12.8. The summed E-state index contributed by atoms with van der Waals surface area (Å²) < 4.78 is 8.35. The molecule has 0 saturated heterocycles. The molecular weight excluding hydrogens is 452 g/mol. The molecule has 180 valence electrons. The van der Waals surface area contributed by atoms with E-state index < -0.39 is 0 Å². The molecule has 1 aliphatic carbocycles. The molecule has 6 aromatic rings. The number of fused-ring (bicyclic) bond motifs is 5. The van der Waals surface area contributed by atoms with E-state index in [0.29, 0.717) is 22.1 Å². The molecule has 0 unspecified atom stereocenters. The van der Waals surface area contributed by atoms with Crippen LogP contribution in [0.4, 0.5) is 0 Å². The van der Waals surface area contributed by atoms with Gasteiger partial charge in [-0.2, -0.15) is 0 Å². The minimum absolute atomic E-state index is 0.114. The molecule has 4 aromatic heterocycles. The quantitative estimate of drug-likeness (QED) is 0.300. The van der Waals surface area contributed by atoms with Crippen LogP contribution in [0.3, 0.4) is 0 Å². The number of aromatic nitrogens is 4. The fraction of sp³-hybridized carbons (Fsp3) is 0.276. The zero-order chi connectivity index (χ0) is 24.2. The van der Waals surface area contributed by atoms with Crippen LogP contribution < -0.4 is 11.0 Å². The molecule has 2 N–H and O–H groups in total. The second-order valence-corrected chi connectivity index (χ2v) is 9.88. The molecule has 0 radical (unpaired) electrons. The van der Waals surface area contributed by atoms with Crippen LogP contribution in [0.1, 0.15) is 51.0 Å². The predicted octanol–water partition coefficient (Wildman–Crippen LogP) is 6.42. The summed E-state index contributed by atoms with van der Waals surface area (Å²) >= 11 is 0. The number of nitrogens with zero attached hydrogens (tertiary/aromatic N) is 2. The summed E-state index contributed by atoms with van der Waals surface area (Å²) in [6.07, 6.45) is 9.86. The lowest BCUT2D eigenvalue weighted by molar-refractivity contribution is 0.353. The van der Waals surface area contributed by atoms with E-state index in [-0.39, 0.29) is 17.0 Å². The minimum Gasteiger partial charge on any atom is -0.454 e. The van der Waals surface area contributed by atoms with Crippen LogP contribution in [-0.2, 0) is 0 Å². The molecule has 0 aliphatic heterocycles. The van der Waals surface area contributed by atoms with Gasteiger partial charge in [0, 0.05) is 34.2 Å². The normalized spacial score (nSPS) is 15.7. The highest BCUT2D eigenvalue weighted by Crippen LogP contribution is 2.41. The lowest BCUT2D eigenvalue weighted by Gasteiger charge is -2.21. The second-order valence-electron chi connectivity index (χ2n) is 9.88. The standard InChI is InChI=1S/C29H26N4O3/c34-19-13-14-20-22(16-19)36-27-23(21-12-6-8-17-9-7-15-30-25(17)21)24-28(31-26(20)27)33(32-29(24)35)18-10-4-2-1-3-5-11-18/h6-9,12-16,18,31H,1-5,10-11H2,(H,32,35). The highest BCUT2D eigenvalue weighted by atomic mass is 16.3. The summed E-state index contributed by atoms with van der Waals surface area (Å²) in [5.41, 5.74) is 4.67. The average Bonchev–Trinajstić information content (AvgIpc) is 3.39. The number of hydrogen-bond acceptors (Lipinski definition) is 4. The summed E-state index contributed by atoms with van der Waals surface area (Å²) in [7, 11) is 0. The Morgan fingerprint density at radius 3 is 2.61 bits per heavy atom. The van der Waals surface area contributed by atoms with Gasteiger partial charge in [-0.05, 0) is 31.0 Å². The second kappa shape index (κ2) is 8.22. The van der Waals surface area contributed by atoms with Crippen molar-refractivity contribution >= 4 is 44.0 Å². The van der Waals surface area contributed by atoms with Crippen molar-refractivity contribution in [1.82, 2.24) is 19.7 Å². The van der Waals surface area contributed by atoms with Gasteiger partial charge in [-0.15, -0.1) is 0 Å². The molecule has 2 aromatic carbocycles. The summed E-state index contributed by atoms with van der Waals surface area (Å²) in [6, 6.07) is 15.0. The maximum absolute atomic E-state index is 13.6. The van der Waals surface area contributed by atoms with E-state index in [2.05, 4.69) is 15.1 Å². The molecule has 0 spiro atoms. The van der Waals surface area contributed by atoms with E-state index in [1.807, 2.05) is 35.0 Å². The predicted molar refractivity (Wildman–Crippen MR) is 143 cm³/mol. The third kappa shape index (κ3) is 3.22. The Labute approximate surface area is 205 Å². The van der Waals surface area contributed by atoms with Crippen LogP contribution >= 0.6 is 0 Å². The Hall–Kier alpha value is -4.13. The Balaban J connectivity index is 1.62. The van der Waals surface area contributed by atoms with Crippen LogP contribution in [-0.4, -0.2) is 19.7 Å². The molecule has 0 bridgehead atoms. The van der Waals surface area contributed by atoms with E-state index >= 15 is 0 Å². The number of nitrogens with one attached hydrogen (secondary N) is 2. The number of rotatable bonds is 2. The molecule has 0 atom stereocenters. The van der Waals surface area contributed by atoms with Crippen molar-refractivity contribution in [1.29, 1.82) is 0 Å². The maximum Gasteiger partial charge on any atom is 0.274 e. The smallest absolute Gasteiger partial charge is 0.274 e. The molecule has 36 heavy (non-hydrogen) atoms. The van der Waals surface area contributed by atoms with Crippen LogP contribution in [0.2, 0.25) is 0 Å². The van der Waals surface area contributed by atoms with Crippen LogP contribution in [0.5, 0.6) is 0 Å². The van der Waals surface area contributed by atoms with Crippen LogP contribution in [0, 0.1) is 0 Å². The van der Waals surface area contributed by atoms with Crippen molar-refractivity contribution in [3.63, 3.8) is 0 Å². The zero-order valence-corrected chi connectivity index (χ0v) is 19.8. The van der Waals surface area contributed by atoms with Gasteiger partial charge in [-0.1, -0.05) is 56.4 Å². The summed E-state index contributed by atoms with van der Waals surface area (Å²) in [6.45, 7) is 0. The molecule has 1 saturated carbocycles. The minimum atomic E-state index is -0.155. The van der Waals surface area contributed by atoms with E-state index in [9.17, 15) is 9.59 Å². The van der Waals surface area contributed by atoms with Gasteiger partial charge < -0.3 is 9.40 Å². The first-order chi connectivity index (χ1) is 17.7. The number of hydrogen-bond donors (Lipinski definition) is 2. The number of H-pyrrole nitrogens is 2. The van der Waals surface area contributed by atoms with E-state index in [4.69, 9.17) is 4.42 Å². The van der Waals surface area contributed by atoms with Crippen molar-refractivity contribution in [2.45, 2.75) is 51.0 Å². The third-order valence-electron chi connectivity index (χ3n) is 7.65. The van der Waals surface area contributed by atoms with Crippen LogP contribution in [0.25, 0.3) is 55.1 Å². The fourth-order valence-electron chi connectivity index (χ4n) is 5.94. The van der Waals surface area contributed by atoms with Gasteiger partial charge in [0.05, 0.1) is 22.5 Å². The Morgan fingerprint density at radius 2 is 1.75 bits per heavy atom. The number of pyridine rings is 2. The van der Waals surface area contributed by atoms with Crippen molar-refractivity contribution in [2.24, 2.45) is 0 Å². The van der Waals surface area contributed by atoms with Gasteiger partial charge in [0.25, 0.3) is 5.56 Å². The number of aromatic amines is 2. The highest BCUT2D eigenvalue weighted by Gasteiger charge is 2.25. The Morgan fingerprint density at radius 1 is 0.944 bits per heavy atom. The lowest BCUT2D eigenvalue weighted by Crippen LogP contribution is -2.15. The third-order valence-corrected chi connectivity index (χ3v) is 7.65. The largest absolute Gasteiger partial charge is 0.454 e. The number of benzene rings is 2. The molecule has 7 heteroatoms. The molecule has 7 rings (SSSR count). The first-order valence-corrected chi connectivity index (χ1v) is 12.8. The summed E-state index contributed by atoms with van der Waals surface area (Å²) in [5.74, 6) is 0. The molecule has 7 nitrogen and oxygen atoms in total. The van der Waals surface area contributed by atoms with E-state index in [1.54, 1.807) is 18.3 Å². The van der Waals surface area contributed by atoms with Crippen LogP contribution in [0.15, 0.2) is 68.7 Å². The Kier molecular flexibility index (Phi) is 4.84.